The van der Waals surface area contributed by atoms with Crippen molar-refractivity contribution in [2.24, 2.45) is 0 Å². The van der Waals surface area contributed by atoms with Gasteiger partial charge in [-0.3, -0.25) is 4.98 Å². The largest absolute Gasteiger partial charge is 0.265 e. The topological polar surface area (TPSA) is 12.9 Å². The monoisotopic (exact) mass is 407 g/mol. The molecule has 0 atom stereocenters. The normalized spacial score (nSPS) is 9.69. The molecule has 0 bridgehead atoms. The first-order chi connectivity index (χ1) is 14.1. The molecule has 3 rings (SSSR count). The van der Waals surface area contributed by atoms with Gasteiger partial charge in [0.25, 0.3) is 0 Å². The average molecular weight is 408 g/mol. The molecule has 1 heterocycles. The van der Waals surface area contributed by atoms with Crippen LogP contribution in [0.5, 0.6) is 0 Å². The molecule has 0 aliphatic carbocycles. The molecule has 0 N–H and O–H groups in total. The number of hydrogen-bond acceptors (Lipinski definition) is 1. The van der Waals surface area contributed by atoms with E-state index in [1.165, 1.54) is 10.8 Å². The van der Waals surface area contributed by atoms with Crippen molar-refractivity contribution in [2.75, 3.05) is 0 Å². The SMILES string of the molecule is C=C(Cl)/C=C(\C(=C)c1ccc2ccccc2c1)c1ccncc1.CC.CC.CC. The van der Waals surface area contributed by atoms with Gasteiger partial charge in [0.05, 0.1) is 0 Å². The lowest BCUT2D eigenvalue weighted by Crippen LogP contribution is -1.91. The van der Waals surface area contributed by atoms with Crippen molar-refractivity contribution >= 4 is 33.5 Å². The van der Waals surface area contributed by atoms with E-state index in [9.17, 15) is 0 Å². The van der Waals surface area contributed by atoms with Crippen LogP contribution in [0.4, 0.5) is 0 Å². The maximum absolute atomic E-state index is 6.02. The van der Waals surface area contributed by atoms with Gasteiger partial charge in [0.15, 0.2) is 0 Å². The summed E-state index contributed by atoms with van der Waals surface area (Å²) in [5.41, 5.74) is 3.93. The Hall–Kier alpha value is -2.64. The van der Waals surface area contributed by atoms with Gasteiger partial charge in [-0.25, -0.2) is 0 Å². The highest BCUT2D eigenvalue weighted by atomic mass is 35.5. The number of fused-ring (bicyclic) bond motifs is 1. The lowest BCUT2D eigenvalue weighted by molar-refractivity contribution is 1.32. The zero-order chi connectivity index (χ0) is 22.2. The number of allylic oxidation sites excluding steroid dienone is 4. The Morgan fingerprint density at radius 3 is 1.86 bits per heavy atom. The van der Waals surface area contributed by atoms with E-state index in [1.807, 2.05) is 71.9 Å². The Balaban J connectivity index is 0.00000120. The van der Waals surface area contributed by atoms with Crippen molar-refractivity contribution < 1.29 is 0 Å². The van der Waals surface area contributed by atoms with Gasteiger partial charge in [0, 0.05) is 17.4 Å². The second kappa shape index (κ2) is 15.3. The Labute approximate surface area is 182 Å². The van der Waals surface area contributed by atoms with E-state index in [-0.39, 0.29) is 0 Å². The molecule has 2 heteroatoms. The Morgan fingerprint density at radius 1 is 0.759 bits per heavy atom. The van der Waals surface area contributed by atoms with E-state index in [0.29, 0.717) is 5.03 Å². The lowest BCUT2D eigenvalue weighted by Gasteiger charge is -2.12. The van der Waals surface area contributed by atoms with E-state index in [1.54, 1.807) is 12.4 Å². The van der Waals surface area contributed by atoms with Crippen molar-refractivity contribution in [3.63, 3.8) is 0 Å². The van der Waals surface area contributed by atoms with E-state index in [4.69, 9.17) is 11.6 Å². The number of nitrogens with zero attached hydrogens (tertiary/aromatic N) is 1. The number of benzene rings is 2. The van der Waals surface area contributed by atoms with Crippen LogP contribution in [0.25, 0.3) is 21.9 Å². The fourth-order valence-electron chi connectivity index (χ4n) is 2.57. The highest BCUT2D eigenvalue weighted by Crippen LogP contribution is 2.32. The summed E-state index contributed by atoms with van der Waals surface area (Å²) in [6, 6.07) is 18.5. The first-order valence-corrected chi connectivity index (χ1v) is 10.7. The molecule has 1 aromatic heterocycles. The number of hydrogen-bond donors (Lipinski definition) is 0. The van der Waals surface area contributed by atoms with E-state index in [0.717, 1.165) is 22.3 Å². The van der Waals surface area contributed by atoms with Gasteiger partial charge in [0.1, 0.15) is 0 Å². The van der Waals surface area contributed by atoms with Crippen molar-refractivity contribution in [3.05, 3.63) is 102 Å². The minimum atomic E-state index is 0.471. The molecule has 0 amide bonds. The molecule has 0 aliphatic rings. The third kappa shape index (κ3) is 8.09. The standard InChI is InChI=1S/C21H16ClN.3C2H6/c1-15(22)13-21(18-9-11-23-12-10-18)16(2)19-8-7-17-5-3-4-6-20(17)14-19;3*1-2/h3-14H,1-2H2;3*1-2H3/b21-13+;;;. The van der Waals surface area contributed by atoms with Crippen LogP contribution in [-0.2, 0) is 0 Å². The van der Waals surface area contributed by atoms with Gasteiger partial charge in [0.2, 0.25) is 0 Å². The lowest BCUT2D eigenvalue weighted by atomic mass is 9.92. The third-order valence-corrected chi connectivity index (χ3v) is 3.82. The zero-order valence-electron chi connectivity index (χ0n) is 18.7. The summed E-state index contributed by atoms with van der Waals surface area (Å²) < 4.78 is 0. The highest BCUT2D eigenvalue weighted by Gasteiger charge is 2.09. The van der Waals surface area contributed by atoms with Crippen LogP contribution >= 0.6 is 11.6 Å². The zero-order valence-corrected chi connectivity index (χ0v) is 19.4. The molecule has 154 valence electrons. The second-order valence-corrected chi connectivity index (χ2v) is 5.77. The number of rotatable bonds is 4. The number of pyridine rings is 1. The number of halogens is 1. The molecule has 0 fully saturated rings. The Bertz CT molecular complexity index is 908. The average Bonchev–Trinajstić information content (AvgIpc) is 2.81. The van der Waals surface area contributed by atoms with E-state index in [2.05, 4.69) is 48.5 Å². The van der Waals surface area contributed by atoms with Gasteiger partial charge in [-0.05, 0) is 57.3 Å². The van der Waals surface area contributed by atoms with Gasteiger partial charge in [-0.1, -0.05) is 103 Å². The molecule has 0 radical (unpaired) electrons. The molecule has 0 saturated heterocycles. The summed E-state index contributed by atoms with van der Waals surface area (Å²) in [6.07, 6.45) is 5.36. The molecule has 0 aliphatic heterocycles. The fourth-order valence-corrected chi connectivity index (χ4v) is 2.67. The molecule has 1 nitrogen and oxygen atoms in total. The smallest absolute Gasteiger partial charge is 0.0340 e. The molecule has 0 saturated carbocycles. The molecule has 0 unspecified atom stereocenters. The molecular weight excluding hydrogens is 374 g/mol. The molecular formula is C27H34ClN. The summed E-state index contributed by atoms with van der Waals surface area (Å²) >= 11 is 6.02. The van der Waals surface area contributed by atoms with Gasteiger partial charge in [-0.2, -0.15) is 0 Å². The third-order valence-electron chi connectivity index (χ3n) is 3.72. The van der Waals surface area contributed by atoms with E-state index < -0.39 is 0 Å². The van der Waals surface area contributed by atoms with E-state index >= 15 is 0 Å². The van der Waals surface area contributed by atoms with Gasteiger partial charge >= 0.3 is 0 Å². The van der Waals surface area contributed by atoms with Crippen LogP contribution < -0.4 is 0 Å². The van der Waals surface area contributed by atoms with Gasteiger partial charge < -0.3 is 0 Å². The first kappa shape index (κ1) is 26.4. The van der Waals surface area contributed by atoms with Crippen LogP contribution in [-0.4, -0.2) is 4.98 Å². The van der Waals surface area contributed by atoms with Gasteiger partial charge in [-0.15, -0.1) is 0 Å². The summed E-state index contributed by atoms with van der Waals surface area (Å²) in [5.74, 6) is 0. The maximum Gasteiger partial charge on any atom is 0.0340 e. The minimum absolute atomic E-state index is 0.471. The highest BCUT2D eigenvalue weighted by molar-refractivity contribution is 6.32. The first-order valence-electron chi connectivity index (χ1n) is 10.3. The second-order valence-electron chi connectivity index (χ2n) is 5.28. The summed E-state index contributed by atoms with van der Waals surface area (Å²) in [4.78, 5) is 4.07. The van der Waals surface area contributed by atoms with Crippen LogP contribution in [0.15, 0.2) is 91.3 Å². The van der Waals surface area contributed by atoms with Crippen molar-refractivity contribution in [3.8, 4) is 0 Å². The van der Waals surface area contributed by atoms with Crippen LogP contribution in [0.3, 0.4) is 0 Å². The van der Waals surface area contributed by atoms with Crippen LogP contribution in [0.2, 0.25) is 0 Å². The predicted molar refractivity (Wildman–Crippen MR) is 134 cm³/mol. The molecule has 29 heavy (non-hydrogen) atoms. The Morgan fingerprint density at radius 2 is 1.31 bits per heavy atom. The molecule has 3 aromatic rings. The van der Waals surface area contributed by atoms with Crippen molar-refractivity contribution in [1.82, 2.24) is 4.98 Å². The summed E-state index contributed by atoms with van der Waals surface area (Å²) in [5, 5.41) is 2.86. The predicted octanol–water partition coefficient (Wildman–Crippen LogP) is 9.16. The maximum atomic E-state index is 6.02. The van der Waals surface area contributed by atoms with Crippen LogP contribution in [0.1, 0.15) is 52.7 Å². The summed E-state index contributed by atoms with van der Waals surface area (Å²) in [7, 11) is 0. The minimum Gasteiger partial charge on any atom is -0.265 e. The Kier molecular flexibility index (Phi) is 13.9. The summed E-state index contributed by atoms with van der Waals surface area (Å²) in [6.45, 7) is 20.1. The quantitative estimate of drug-likeness (QED) is 0.392. The van der Waals surface area contributed by atoms with Crippen LogP contribution in [0, 0.1) is 0 Å². The van der Waals surface area contributed by atoms with Crippen molar-refractivity contribution in [2.45, 2.75) is 41.5 Å². The molecule has 2 aromatic carbocycles. The fraction of sp³-hybridized carbons (Fsp3) is 0.222. The number of aromatic nitrogens is 1. The van der Waals surface area contributed by atoms with Crippen molar-refractivity contribution in [1.29, 1.82) is 0 Å². The molecule has 0 spiro atoms.